The van der Waals surface area contributed by atoms with Crippen LogP contribution in [0.4, 0.5) is 17.5 Å². The van der Waals surface area contributed by atoms with Gasteiger partial charge in [-0.15, -0.1) is 5.10 Å². The van der Waals surface area contributed by atoms with Gasteiger partial charge < -0.3 is 10.2 Å². The van der Waals surface area contributed by atoms with E-state index in [9.17, 15) is 8.42 Å². The van der Waals surface area contributed by atoms with Crippen molar-refractivity contribution in [1.82, 2.24) is 15.2 Å². The topological polar surface area (TPSA) is 112 Å². The van der Waals surface area contributed by atoms with Crippen LogP contribution in [-0.2, 0) is 9.84 Å². The Morgan fingerprint density at radius 2 is 2.20 bits per heavy atom. The number of rotatable bonds is 5. The number of aromatic nitrogens is 3. The summed E-state index contributed by atoms with van der Waals surface area (Å²) in [6.07, 6.45) is 2.11. The molecule has 25 heavy (non-hydrogen) atoms. The van der Waals surface area contributed by atoms with Crippen molar-refractivity contribution in [3.05, 3.63) is 36.0 Å². The third-order valence-corrected chi connectivity index (χ3v) is 5.87. The summed E-state index contributed by atoms with van der Waals surface area (Å²) in [5.74, 6) is 1.16. The third kappa shape index (κ3) is 3.85. The van der Waals surface area contributed by atoms with Gasteiger partial charge in [0.05, 0.1) is 29.0 Å². The van der Waals surface area contributed by atoms with E-state index in [-0.39, 0.29) is 23.5 Å². The number of sulfone groups is 1. The zero-order valence-electron chi connectivity index (χ0n) is 13.8. The van der Waals surface area contributed by atoms with E-state index in [1.54, 1.807) is 18.2 Å². The molecule has 3 rings (SSSR count). The molecule has 1 fully saturated rings. The Bertz CT molecular complexity index is 909. The summed E-state index contributed by atoms with van der Waals surface area (Å²) < 4.78 is 23.5. The number of hydrogen-bond acceptors (Lipinski definition) is 8. The summed E-state index contributed by atoms with van der Waals surface area (Å²) in [6, 6.07) is 9.04. The van der Waals surface area contributed by atoms with Crippen LogP contribution < -0.4 is 10.2 Å². The van der Waals surface area contributed by atoms with Crippen molar-refractivity contribution in [3.63, 3.8) is 0 Å². The molecule has 1 unspecified atom stereocenters. The fourth-order valence-corrected chi connectivity index (χ4v) is 4.66. The van der Waals surface area contributed by atoms with Gasteiger partial charge in [0.15, 0.2) is 15.7 Å². The van der Waals surface area contributed by atoms with Crippen molar-refractivity contribution in [1.29, 1.82) is 5.26 Å². The van der Waals surface area contributed by atoms with Crippen LogP contribution in [0.1, 0.15) is 18.9 Å². The lowest BCUT2D eigenvalue weighted by Gasteiger charge is -2.27. The van der Waals surface area contributed by atoms with Crippen LogP contribution in [0.25, 0.3) is 0 Å². The number of nitrogens with zero attached hydrogens (tertiary/aromatic N) is 5. The van der Waals surface area contributed by atoms with E-state index in [0.717, 1.165) is 0 Å². The van der Waals surface area contributed by atoms with Gasteiger partial charge in [-0.05, 0) is 25.5 Å². The van der Waals surface area contributed by atoms with E-state index < -0.39 is 9.84 Å². The number of anilines is 3. The zero-order valence-corrected chi connectivity index (χ0v) is 14.6. The maximum Gasteiger partial charge on any atom is 0.249 e. The fourth-order valence-electron chi connectivity index (χ4n) is 2.92. The molecule has 0 spiro atoms. The molecule has 1 saturated heterocycles. The number of para-hydroxylation sites is 1. The summed E-state index contributed by atoms with van der Waals surface area (Å²) in [5.41, 5.74) is 1.07. The Balaban J connectivity index is 1.84. The normalized spacial score (nSPS) is 18.5. The molecule has 1 atom stereocenters. The molecule has 0 radical (unpaired) electrons. The number of nitriles is 1. The third-order valence-electron chi connectivity index (χ3n) is 4.12. The van der Waals surface area contributed by atoms with E-state index >= 15 is 0 Å². The molecule has 130 valence electrons. The molecule has 2 aromatic rings. The first-order chi connectivity index (χ1) is 12.0. The monoisotopic (exact) mass is 358 g/mol. The Labute approximate surface area is 146 Å². The van der Waals surface area contributed by atoms with Gasteiger partial charge in [-0.2, -0.15) is 15.3 Å². The summed E-state index contributed by atoms with van der Waals surface area (Å²) in [6.45, 7) is 2.57. The fraction of sp³-hybridized carbons (Fsp3) is 0.375. The first-order valence-corrected chi connectivity index (χ1v) is 9.77. The van der Waals surface area contributed by atoms with Crippen molar-refractivity contribution in [2.24, 2.45) is 0 Å². The lowest BCUT2D eigenvalue weighted by Crippen LogP contribution is -2.37. The minimum absolute atomic E-state index is 0.106. The molecular weight excluding hydrogens is 340 g/mol. The van der Waals surface area contributed by atoms with Crippen LogP contribution in [0, 0.1) is 11.3 Å². The predicted octanol–water partition coefficient (Wildman–Crippen LogP) is 1.50. The van der Waals surface area contributed by atoms with Crippen molar-refractivity contribution in [3.8, 4) is 6.07 Å². The Morgan fingerprint density at radius 3 is 2.88 bits per heavy atom. The molecule has 1 aliphatic rings. The first-order valence-electron chi connectivity index (χ1n) is 7.95. The maximum absolute atomic E-state index is 11.8. The van der Waals surface area contributed by atoms with Crippen molar-refractivity contribution < 1.29 is 8.42 Å². The van der Waals surface area contributed by atoms with Crippen LogP contribution in [0.2, 0.25) is 0 Å². The standard InChI is InChI=1S/C16H18N6O2S/c1-2-22(13-7-8-25(23,24)11-13)15-10-18-21-16(20-15)19-14-6-4-3-5-12(14)9-17/h3-6,10,13H,2,7-8,11H2,1H3,(H,19,20,21). The molecule has 0 bridgehead atoms. The molecule has 1 aromatic carbocycles. The van der Waals surface area contributed by atoms with Crippen LogP contribution in [0.3, 0.4) is 0 Å². The minimum atomic E-state index is -2.98. The molecule has 0 amide bonds. The van der Waals surface area contributed by atoms with E-state index in [1.165, 1.54) is 6.20 Å². The molecule has 1 N–H and O–H groups in total. The summed E-state index contributed by atoms with van der Waals surface area (Å²) >= 11 is 0. The summed E-state index contributed by atoms with van der Waals surface area (Å²) in [4.78, 5) is 6.38. The van der Waals surface area contributed by atoms with Crippen LogP contribution >= 0.6 is 0 Å². The minimum Gasteiger partial charge on any atom is -0.351 e. The number of benzene rings is 1. The molecular formula is C16H18N6O2S. The lowest BCUT2D eigenvalue weighted by atomic mass is 10.2. The van der Waals surface area contributed by atoms with E-state index in [1.807, 2.05) is 17.9 Å². The smallest absolute Gasteiger partial charge is 0.249 e. The van der Waals surface area contributed by atoms with E-state index in [0.29, 0.717) is 30.0 Å². The number of hydrogen-bond donors (Lipinski definition) is 1. The molecule has 0 aliphatic carbocycles. The highest BCUT2D eigenvalue weighted by Crippen LogP contribution is 2.24. The van der Waals surface area contributed by atoms with Gasteiger partial charge in [0.2, 0.25) is 5.95 Å². The van der Waals surface area contributed by atoms with Crippen molar-refractivity contribution in [2.75, 3.05) is 28.3 Å². The van der Waals surface area contributed by atoms with Gasteiger partial charge in [0.1, 0.15) is 6.07 Å². The van der Waals surface area contributed by atoms with Gasteiger partial charge in [-0.3, -0.25) is 0 Å². The highest BCUT2D eigenvalue weighted by molar-refractivity contribution is 7.91. The second kappa shape index (κ2) is 7.03. The Hall–Kier alpha value is -2.73. The van der Waals surface area contributed by atoms with Gasteiger partial charge in [0, 0.05) is 12.6 Å². The quantitative estimate of drug-likeness (QED) is 0.856. The lowest BCUT2D eigenvalue weighted by molar-refractivity contribution is 0.599. The van der Waals surface area contributed by atoms with Gasteiger partial charge in [-0.1, -0.05) is 12.1 Å². The van der Waals surface area contributed by atoms with Crippen molar-refractivity contribution >= 4 is 27.3 Å². The highest BCUT2D eigenvalue weighted by atomic mass is 32.2. The Kier molecular flexibility index (Phi) is 4.81. The highest BCUT2D eigenvalue weighted by Gasteiger charge is 2.32. The molecule has 8 nitrogen and oxygen atoms in total. The summed E-state index contributed by atoms with van der Waals surface area (Å²) in [5, 5.41) is 20.1. The predicted molar refractivity (Wildman–Crippen MR) is 94.3 cm³/mol. The maximum atomic E-state index is 11.8. The SMILES string of the molecule is CCN(c1cnnc(Nc2ccccc2C#N)n1)C1CCS(=O)(=O)C1. The summed E-state index contributed by atoms with van der Waals surface area (Å²) in [7, 11) is -2.98. The second-order valence-corrected chi connectivity index (χ2v) is 7.99. The van der Waals surface area contributed by atoms with Crippen molar-refractivity contribution in [2.45, 2.75) is 19.4 Å². The van der Waals surface area contributed by atoms with Gasteiger partial charge in [-0.25, -0.2) is 8.42 Å². The molecule has 1 aromatic heterocycles. The zero-order chi connectivity index (χ0) is 17.9. The van der Waals surface area contributed by atoms with Gasteiger partial charge in [0.25, 0.3) is 0 Å². The first kappa shape index (κ1) is 17.1. The molecule has 2 heterocycles. The van der Waals surface area contributed by atoms with Gasteiger partial charge >= 0.3 is 0 Å². The Morgan fingerprint density at radius 1 is 1.40 bits per heavy atom. The van der Waals surface area contributed by atoms with E-state index in [4.69, 9.17) is 5.26 Å². The molecule has 9 heteroatoms. The van der Waals surface area contributed by atoms with Crippen LogP contribution in [-0.4, -0.2) is 47.7 Å². The van der Waals surface area contributed by atoms with E-state index in [2.05, 4.69) is 26.6 Å². The molecule has 1 aliphatic heterocycles. The van der Waals surface area contributed by atoms with Crippen LogP contribution in [0.5, 0.6) is 0 Å². The average molecular weight is 358 g/mol. The molecule has 0 saturated carbocycles. The largest absolute Gasteiger partial charge is 0.351 e. The van der Waals surface area contributed by atoms with Crippen LogP contribution in [0.15, 0.2) is 30.5 Å². The average Bonchev–Trinajstić information content (AvgIpc) is 2.96. The second-order valence-electron chi connectivity index (χ2n) is 5.76. The number of nitrogens with one attached hydrogen (secondary N) is 1.